The highest BCUT2D eigenvalue weighted by molar-refractivity contribution is 5.91. The molecule has 1 N–H and O–H groups in total. The number of aromatic amines is 1. The molecule has 0 spiro atoms. The molecule has 0 aliphatic heterocycles. The van der Waals surface area contributed by atoms with Gasteiger partial charge in [-0.15, -0.1) is 0 Å². The smallest absolute Gasteiger partial charge is 0.284 e. The number of nitrogens with one attached hydrogen (secondary N) is 1. The van der Waals surface area contributed by atoms with Gasteiger partial charge in [0.1, 0.15) is 17.1 Å². The van der Waals surface area contributed by atoms with Crippen molar-refractivity contribution in [3.8, 4) is 50.9 Å². The lowest BCUT2D eigenvalue weighted by atomic mass is 10.0. The number of benzene rings is 4. The second-order valence-electron chi connectivity index (χ2n) is 8.49. The molecule has 0 radical (unpaired) electrons. The van der Waals surface area contributed by atoms with E-state index >= 15 is 0 Å². The van der Waals surface area contributed by atoms with Crippen molar-refractivity contribution < 1.29 is 9.47 Å². The molecule has 2 heterocycles. The van der Waals surface area contributed by atoms with Crippen molar-refractivity contribution in [2.24, 2.45) is 0 Å². The van der Waals surface area contributed by atoms with Crippen molar-refractivity contribution in [1.29, 1.82) is 0 Å². The minimum absolute atomic E-state index is 0.233. The lowest BCUT2D eigenvalue weighted by Gasteiger charge is -2.11. The van der Waals surface area contributed by atoms with Gasteiger partial charge in [-0.05, 0) is 35.4 Å². The van der Waals surface area contributed by atoms with Crippen molar-refractivity contribution in [3.63, 3.8) is 0 Å². The quantitative estimate of drug-likeness (QED) is 0.281. The van der Waals surface area contributed by atoms with Crippen LogP contribution in [0.5, 0.6) is 17.4 Å². The largest absolute Gasteiger partial charge is 0.497 e. The summed E-state index contributed by atoms with van der Waals surface area (Å²) in [6, 6.07) is 36.5. The van der Waals surface area contributed by atoms with Gasteiger partial charge in [-0.25, -0.2) is 0 Å². The van der Waals surface area contributed by atoms with E-state index in [0.29, 0.717) is 28.3 Å². The summed E-state index contributed by atoms with van der Waals surface area (Å²) in [5.74, 6) is 1.52. The van der Waals surface area contributed by atoms with Crippen LogP contribution in [0, 0.1) is 0 Å². The van der Waals surface area contributed by atoms with Crippen LogP contribution < -0.4 is 15.0 Å². The number of nitrogens with zero attached hydrogens (tertiary/aromatic N) is 2. The molecule has 0 fully saturated rings. The summed E-state index contributed by atoms with van der Waals surface area (Å²) in [6.07, 6.45) is 0. The van der Waals surface area contributed by atoms with E-state index in [0.717, 1.165) is 22.4 Å². The third-order valence-electron chi connectivity index (χ3n) is 6.21. The molecule has 0 aliphatic rings. The fourth-order valence-electron chi connectivity index (χ4n) is 4.42. The van der Waals surface area contributed by atoms with Gasteiger partial charge in [0.15, 0.2) is 5.65 Å². The van der Waals surface area contributed by atoms with Crippen molar-refractivity contribution in [2.45, 2.75) is 0 Å². The number of fused-ring (bicyclic) bond motifs is 1. The molecule has 0 saturated heterocycles. The van der Waals surface area contributed by atoms with Crippen molar-refractivity contribution in [3.05, 3.63) is 126 Å². The minimum Gasteiger partial charge on any atom is -0.497 e. The molecule has 6 rings (SSSR count). The predicted octanol–water partition coefficient (Wildman–Crippen LogP) is 6.82. The number of ether oxygens (including phenoxy) is 2. The van der Waals surface area contributed by atoms with E-state index in [9.17, 15) is 4.79 Å². The van der Waals surface area contributed by atoms with Crippen LogP contribution in [0.1, 0.15) is 0 Å². The average molecular weight is 486 g/mol. The van der Waals surface area contributed by atoms with Gasteiger partial charge in [-0.3, -0.25) is 9.89 Å². The van der Waals surface area contributed by atoms with Gasteiger partial charge in [0.05, 0.1) is 18.4 Å². The number of rotatable bonds is 6. The number of H-pyrrole nitrogens is 1. The van der Waals surface area contributed by atoms with E-state index in [-0.39, 0.29) is 11.4 Å². The van der Waals surface area contributed by atoms with Crippen LogP contribution in [0.3, 0.4) is 0 Å². The minimum atomic E-state index is -0.263. The van der Waals surface area contributed by atoms with Gasteiger partial charge in [-0.2, -0.15) is 9.50 Å². The third-order valence-corrected chi connectivity index (χ3v) is 6.21. The normalized spacial score (nSPS) is 10.9. The first-order valence-corrected chi connectivity index (χ1v) is 11.9. The van der Waals surface area contributed by atoms with Gasteiger partial charge in [0.25, 0.3) is 5.56 Å². The second-order valence-corrected chi connectivity index (χ2v) is 8.49. The van der Waals surface area contributed by atoms with Gasteiger partial charge >= 0.3 is 0 Å². The Kier molecular flexibility index (Phi) is 5.75. The summed E-state index contributed by atoms with van der Waals surface area (Å²) in [5.41, 5.74) is 4.76. The van der Waals surface area contributed by atoms with E-state index in [4.69, 9.17) is 14.5 Å². The van der Waals surface area contributed by atoms with Gasteiger partial charge in [0, 0.05) is 5.56 Å². The lowest BCUT2D eigenvalue weighted by molar-refractivity contribution is 0.415. The van der Waals surface area contributed by atoms with Crippen molar-refractivity contribution >= 4 is 5.65 Å². The topological polar surface area (TPSA) is 68.6 Å². The summed E-state index contributed by atoms with van der Waals surface area (Å²) in [7, 11) is 1.61. The zero-order chi connectivity index (χ0) is 25.2. The summed E-state index contributed by atoms with van der Waals surface area (Å²) < 4.78 is 13.1. The van der Waals surface area contributed by atoms with E-state index in [1.807, 2.05) is 115 Å². The second kappa shape index (κ2) is 9.51. The molecular formula is C31H23N3O3. The zero-order valence-electron chi connectivity index (χ0n) is 20.1. The number of para-hydroxylation sites is 1. The summed E-state index contributed by atoms with van der Waals surface area (Å²) in [4.78, 5) is 19.1. The molecule has 0 amide bonds. The summed E-state index contributed by atoms with van der Waals surface area (Å²) >= 11 is 0. The molecule has 0 saturated carbocycles. The Morgan fingerprint density at radius 1 is 0.649 bits per heavy atom. The van der Waals surface area contributed by atoms with Crippen LogP contribution in [0.15, 0.2) is 120 Å². The first-order valence-electron chi connectivity index (χ1n) is 11.9. The monoisotopic (exact) mass is 485 g/mol. The Balaban J connectivity index is 1.67. The molecule has 37 heavy (non-hydrogen) atoms. The van der Waals surface area contributed by atoms with Gasteiger partial charge in [-0.1, -0.05) is 91.0 Å². The molecule has 4 aromatic carbocycles. The Bertz CT molecular complexity index is 1720. The average Bonchev–Trinajstić information content (AvgIpc) is 3.35. The van der Waals surface area contributed by atoms with Crippen LogP contribution in [-0.2, 0) is 0 Å². The number of hydrogen-bond donors (Lipinski definition) is 1. The Hall–Kier alpha value is -5.10. The third kappa shape index (κ3) is 4.15. The van der Waals surface area contributed by atoms with Crippen LogP contribution in [-0.4, -0.2) is 21.7 Å². The first-order chi connectivity index (χ1) is 18.2. The van der Waals surface area contributed by atoms with Crippen LogP contribution in [0.4, 0.5) is 0 Å². The van der Waals surface area contributed by atoms with Crippen LogP contribution >= 0.6 is 0 Å². The van der Waals surface area contributed by atoms with Crippen molar-refractivity contribution in [2.75, 3.05) is 7.11 Å². The number of aromatic nitrogens is 3. The Labute approximate surface area is 213 Å². The molecule has 2 aromatic heterocycles. The van der Waals surface area contributed by atoms with E-state index in [1.54, 1.807) is 7.11 Å². The molecule has 6 aromatic rings. The maximum Gasteiger partial charge on any atom is 0.284 e. The molecule has 6 nitrogen and oxygen atoms in total. The number of methoxy groups -OCH3 is 1. The highest BCUT2D eigenvalue weighted by Crippen LogP contribution is 2.37. The molecule has 6 heteroatoms. The molecule has 0 bridgehead atoms. The molecule has 0 aliphatic carbocycles. The lowest BCUT2D eigenvalue weighted by Crippen LogP contribution is -2.18. The molecule has 0 atom stereocenters. The molecule has 0 unspecified atom stereocenters. The Morgan fingerprint density at radius 2 is 1.22 bits per heavy atom. The van der Waals surface area contributed by atoms with E-state index in [1.165, 1.54) is 4.52 Å². The zero-order valence-corrected chi connectivity index (χ0v) is 20.1. The standard InChI is InChI=1S/C31H23N3O3/c1-36-24-19-17-22(18-20-24)27-30(37-25-15-9-4-10-16-25)32-29-26(21-11-5-2-6-12-21)28(33-34(29)31(27)35)23-13-7-3-8-14-23/h2-20,33H,1H3. The van der Waals surface area contributed by atoms with Crippen LogP contribution in [0.2, 0.25) is 0 Å². The summed E-state index contributed by atoms with van der Waals surface area (Å²) in [5, 5.41) is 3.33. The fourth-order valence-corrected chi connectivity index (χ4v) is 4.42. The number of hydrogen-bond acceptors (Lipinski definition) is 4. The fraction of sp³-hybridized carbons (Fsp3) is 0.0323. The molecular weight excluding hydrogens is 462 g/mol. The molecule has 180 valence electrons. The first kappa shape index (κ1) is 22.4. The predicted molar refractivity (Wildman–Crippen MR) is 145 cm³/mol. The highest BCUT2D eigenvalue weighted by Gasteiger charge is 2.23. The van der Waals surface area contributed by atoms with Gasteiger partial charge < -0.3 is 9.47 Å². The van der Waals surface area contributed by atoms with Crippen LogP contribution in [0.25, 0.3) is 39.2 Å². The Morgan fingerprint density at radius 3 is 1.84 bits per heavy atom. The summed E-state index contributed by atoms with van der Waals surface area (Å²) in [6.45, 7) is 0. The highest BCUT2D eigenvalue weighted by atomic mass is 16.5. The SMILES string of the molecule is COc1ccc(-c2c(Oc3ccccc3)nc3c(-c4ccccc4)c(-c4ccccc4)[nH]n3c2=O)cc1. The van der Waals surface area contributed by atoms with E-state index in [2.05, 4.69) is 5.10 Å². The van der Waals surface area contributed by atoms with Crippen molar-refractivity contribution in [1.82, 2.24) is 14.6 Å². The van der Waals surface area contributed by atoms with E-state index < -0.39 is 0 Å². The van der Waals surface area contributed by atoms with Gasteiger partial charge in [0.2, 0.25) is 5.88 Å². The maximum absolute atomic E-state index is 14.1. The maximum atomic E-state index is 14.1.